The number of hydrogen-bond donors (Lipinski definition) is 1. The molecule has 5 heteroatoms. The Hall–Kier alpha value is -1.78. The van der Waals surface area contributed by atoms with E-state index in [1.165, 1.54) is 12.1 Å². The van der Waals surface area contributed by atoms with E-state index >= 15 is 0 Å². The van der Waals surface area contributed by atoms with Gasteiger partial charge in [0.1, 0.15) is 0 Å². The van der Waals surface area contributed by atoms with Crippen molar-refractivity contribution < 1.29 is 18.0 Å². The van der Waals surface area contributed by atoms with Crippen LogP contribution in [0.25, 0.3) is 0 Å². The number of rotatable bonds is 3. The molecule has 1 aromatic carbocycles. The third-order valence-electron chi connectivity index (χ3n) is 2.26. The summed E-state index contributed by atoms with van der Waals surface area (Å²) in [7, 11) is 0. The smallest absolute Gasteiger partial charge is 0.346 e. The van der Waals surface area contributed by atoms with Gasteiger partial charge in [0.15, 0.2) is 0 Å². The standard InChI is InChI=1S/C12H12F3NO/c1-3-11(17)16-8(2)9-5-4-6-10(7-9)12(13,14)15/h3-8H,1H2,2H3,(H,16,17). The van der Waals surface area contributed by atoms with Gasteiger partial charge in [0.2, 0.25) is 5.91 Å². The number of carbonyl (C=O) groups is 1. The molecule has 0 heterocycles. The van der Waals surface area contributed by atoms with E-state index in [0.29, 0.717) is 5.56 Å². The summed E-state index contributed by atoms with van der Waals surface area (Å²) in [5, 5.41) is 2.50. The molecule has 17 heavy (non-hydrogen) atoms. The lowest BCUT2D eigenvalue weighted by molar-refractivity contribution is -0.137. The minimum absolute atomic E-state index is 0.398. The van der Waals surface area contributed by atoms with Crippen LogP contribution < -0.4 is 5.32 Å². The van der Waals surface area contributed by atoms with Gasteiger partial charge in [-0.1, -0.05) is 18.7 Å². The van der Waals surface area contributed by atoms with Crippen LogP contribution in [0.3, 0.4) is 0 Å². The largest absolute Gasteiger partial charge is 0.416 e. The predicted octanol–water partition coefficient (Wildman–Crippen LogP) is 3.07. The topological polar surface area (TPSA) is 29.1 Å². The molecule has 1 rings (SSSR count). The van der Waals surface area contributed by atoms with E-state index < -0.39 is 23.7 Å². The van der Waals surface area contributed by atoms with Crippen molar-refractivity contribution in [3.63, 3.8) is 0 Å². The summed E-state index contributed by atoms with van der Waals surface area (Å²) in [5.74, 6) is -0.421. The van der Waals surface area contributed by atoms with Crippen LogP contribution in [0.15, 0.2) is 36.9 Å². The van der Waals surface area contributed by atoms with E-state index in [4.69, 9.17) is 0 Å². The molecule has 0 aliphatic carbocycles. The monoisotopic (exact) mass is 243 g/mol. The van der Waals surface area contributed by atoms with Crippen molar-refractivity contribution in [3.8, 4) is 0 Å². The van der Waals surface area contributed by atoms with E-state index in [9.17, 15) is 18.0 Å². The van der Waals surface area contributed by atoms with Gasteiger partial charge in [0.05, 0.1) is 11.6 Å². The highest BCUT2D eigenvalue weighted by Gasteiger charge is 2.30. The first-order chi connectivity index (χ1) is 7.84. The number of benzene rings is 1. The van der Waals surface area contributed by atoms with Crippen molar-refractivity contribution in [1.82, 2.24) is 5.32 Å². The van der Waals surface area contributed by atoms with Crippen molar-refractivity contribution >= 4 is 5.91 Å². The average molecular weight is 243 g/mol. The Morgan fingerprint density at radius 3 is 2.65 bits per heavy atom. The molecule has 0 bridgehead atoms. The molecule has 0 radical (unpaired) electrons. The Labute approximate surface area is 97.1 Å². The first kappa shape index (κ1) is 13.3. The number of alkyl halides is 3. The maximum absolute atomic E-state index is 12.5. The normalized spacial score (nSPS) is 12.9. The summed E-state index contributed by atoms with van der Waals surface area (Å²) >= 11 is 0. The van der Waals surface area contributed by atoms with Crippen LogP contribution in [0.1, 0.15) is 24.1 Å². The second-order valence-electron chi connectivity index (χ2n) is 3.56. The van der Waals surface area contributed by atoms with Crippen molar-refractivity contribution in [2.45, 2.75) is 19.1 Å². The van der Waals surface area contributed by atoms with Gasteiger partial charge in [-0.2, -0.15) is 13.2 Å². The van der Waals surface area contributed by atoms with Gasteiger partial charge in [0.25, 0.3) is 0 Å². The van der Waals surface area contributed by atoms with Gasteiger partial charge in [-0.25, -0.2) is 0 Å². The van der Waals surface area contributed by atoms with Crippen LogP contribution in [0.4, 0.5) is 13.2 Å². The third kappa shape index (κ3) is 3.62. The van der Waals surface area contributed by atoms with Crippen molar-refractivity contribution in [1.29, 1.82) is 0 Å². The summed E-state index contributed by atoms with van der Waals surface area (Å²) in [5.41, 5.74) is -0.329. The Morgan fingerprint density at radius 1 is 1.47 bits per heavy atom. The summed E-state index contributed by atoms with van der Waals surface area (Å²) < 4.78 is 37.4. The molecule has 1 atom stereocenters. The summed E-state index contributed by atoms with van der Waals surface area (Å²) in [6.07, 6.45) is -3.30. The van der Waals surface area contributed by atoms with E-state index in [-0.39, 0.29) is 0 Å². The molecular formula is C12H12F3NO. The molecule has 0 aliphatic heterocycles. The maximum atomic E-state index is 12.5. The molecular weight excluding hydrogens is 231 g/mol. The zero-order valence-corrected chi connectivity index (χ0v) is 9.21. The zero-order valence-electron chi connectivity index (χ0n) is 9.21. The van der Waals surface area contributed by atoms with Crippen LogP contribution in [0, 0.1) is 0 Å². The number of carbonyl (C=O) groups excluding carboxylic acids is 1. The molecule has 0 aromatic heterocycles. The molecule has 0 aliphatic rings. The Balaban J connectivity index is 2.92. The van der Waals surface area contributed by atoms with Crippen LogP contribution >= 0.6 is 0 Å². The van der Waals surface area contributed by atoms with Crippen molar-refractivity contribution in [3.05, 3.63) is 48.0 Å². The minimum Gasteiger partial charge on any atom is -0.346 e. The van der Waals surface area contributed by atoms with Crippen LogP contribution in [0.2, 0.25) is 0 Å². The number of amides is 1. The zero-order chi connectivity index (χ0) is 13.1. The lowest BCUT2D eigenvalue weighted by atomic mass is 10.0. The maximum Gasteiger partial charge on any atom is 0.416 e. The van der Waals surface area contributed by atoms with Crippen LogP contribution in [-0.2, 0) is 11.0 Å². The number of nitrogens with one attached hydrogen (secondary N) is 1. The van der Waals surface area contributed by atoms with Gasteiger partial charge >= 0.3 is 6.18 Å². The van der Waals surface area contributed by atoms with Gasteiger partial charge in [0, 0.05) is 0 Å². The first-order valence-corrected chi connectivity index (χ1v) is 4.94. The molecule has 0 saturated carbocycles. The lowest BCUT2D eigenvalue weighted by Crippen LogP contribution is -2.24. The quantitative estimate of drug-likeness (QED) is 0.812. The van der Waals surface area contributed by atoms with Crippen LogP contribution in [-0.4, -0.2) is 5.91 Å². The summed E-state index contributed by atoms with van der Waals surface area (Å²) in [6, 6.07) is 4.36. The SMILES string of the molecule is C=CC(=O)NC(C)c1cccc(C(F)(F)F)c1. The van der Waals surface area contributed by atoms with E-state index in [1.54, 1.807) is 6.92 Å². The predicted molar refractivity (Wildman–Crippen MR) is 58.2 cm³/mol. The van der Waals surface area contributed by atoms with E-state index in [1.807, 2.05) is 0 Å². The minimum atomic E-state index is -4.38. The Morgan fingerprint density at radius 2 is 2.12 bits per heavy atom. The summed E-state index contributed by atoms with van der Waals surface area (Å²) in [6.45, 7) is 4.88. The van der Waals surface area contributed by atoms with Gasteiger partial charge in [-0.15, -0.1) is 0 Å². The Kier molecular flexibility index (Phi) is 3.93. The number of halogens is 3. The second-order valence-corrected chi connectivity index (χ2v) is 3.56. The molecule has 0 fully saturated rings. The van der Waals surface area contributed by atoms with Crippen LogP contribution in [0.5, 0.6) is 0 Å². The number of hydrogen-bond acceptors (Lipinski definition) is 1. The molecule has 0 spiro atoms. The molecule has 1 N–H and O–H groups in total. The molecule has 92 valence electrons. The third-order valence-corrected chi connectivity index (χ3v) is 2.26. The fourth-order valence-corrected chi connectivity index (χ4v) is 1.34. The first-order valence-electron chi connectivity index (χ1n) is 4.94. The van der Waals surface area contributed by atoms with Gasteiger partial charge in [-0.3, -0.25) is 4.79 Å². The van der Waals surface area contributed by atoms with Gasteiger partial charge < -0.3 is 5.32 Å². The molecule has 1 unspecified atom stereocenters. The molecule has 2 nitrogen and oxygen atoms in total. The highest BCUT2D eigenvalue weighted by Crippen LogP contribution is 2.30. The Bertz CT molecular complexity index is 426. The van der Waals surface area contributed by atoms with Crippen molar-refractivity contribution in [2.24, 2.45) is 0 Å². The highest BCUT2D eigenvalue weighted by molar-refractivity contribution is 5.87. The highest BCUT2D eigenvalue weighted by atomic mass is 19.4. The van der Waals surface area contributed by atoms with Gasteiger partial charge in [-0.05, 0) is 30.7 Å². The average Bonchev–Trinajstić information content (AvgIpc) is 2.28. The van der Waals surface area contributed by atoms with E-state index in [2.05, 4.69) is 11.9 Å². The molecule has 1 amide bonds. The second kappa shape index (κ2) is 5.03. The fraction of sp³-hybridized carbons (Fsp3) is 0.250. The fourth-order valence-electron chi connectivity index (χ4n) is 1.34. The summed E-state index contributed by atoms with van der Waals surface area (Å²) in [4.78, 5) is 11.0. The lowest BCUT2D eigenvalue weighted by Gasteiger charge is -2.15. The molecule has 1 aromatic rings. The van der Waals surface area contributed by atoms with Crippen molar-refractivity contribution in [2.75, 3.05) is 0 Å². The molecule has 0 saturated heterocycles. The van der Waals surface area contributed by atoms with E-state index in [0.717, 1.165) is 18.2 Å².